The van der Waals surface area contributed by atoms with Gasteiger partial charge in [0, 0.05) is 6.61 Å². The van der Waals surface area contributed by atoms with Gasteiger partial charge in [-0.25, -0.2) is 4.79 Å². The average molecular weight is 342 g/mol. The smallest absolute Gasteiger partial charge is 0.376 e. The van der Waals surface area contributed by atoms with Gasteiger partial charge in [0.2, 0.25) is 5.54 Å². The Balaban J connectivity index is 1.94. The highest BCUT2D eigenvalue weighted by atomic mass is 19.4. The molecule has 8 heteroatoms. The van der Waals surface area contributed by atoms with E-state index in [9.17, 15) is 22.8 Å². The van der Waals surface area contributed by atoms with Gasteiger partial charge in [-0.1, -0.05) is 30.3 Å². The van der Waals surface area contributed by atoms with Crippen LogP contribution in [-0.4, -0.2) is 42.3 Å². The summed E-state index contributed by atoms with van der Waals surface area (Å²) in [6.45, 7) is 0.312. The van der Waals surface area contributed by atoms with Gasteiger partial charge in [0.1, 0.15) is 0 Å². The van der Waals surface area contributed by atoms with E-state index in [0.29, 0.717) is 17.9 Å². The number of ether oxygens (including phenoxy) is 1. The summed E-state index contributed by atoms with van der Waals surface area (Å²) in [7, 11) is 0. The summed E-state index contributed by atoms with van der Waals surface area (Å²) in [4.78, 5) is 25.4. The van der Waals surface area contributed by atoms with Crippen LogP contribution in [0.15, 0.2) is 30.3 Å². The van der Waals surface area contributed by atoms with Crippen LogP contribution < -0.4 is 5.32 Å². The Bertz CT molecular complexity index is 629. The summed E-state index contributed by atoms with van der Waals surface area (Å²) in [5.74, 6) is -1.31. The fourth-order valence-electron chi connectivity index (χ4n) is 3.14. The molecule has 24 heavy (non-hydrogen) atoms. The molecule has 2 fully saturated rings. The van der Waals surface area contributed by atoms with Crippen molar-refractivity contribution in [2.24, 2.45) is 0 Å². The van der Waals surface area contributed by atoms with E-state index in [1.54, 1.807) is 6.07 Å². The fourth-order valence-corrected chi connectivity index (χ4v) is 3.14. The van der Waals surface area contributed by atoms with Gasteiger partial charge in [-0.3, -0.25) is 9.69 Å². The van der Waals surface area contributed by atoms with Gasteiger partial charge in [0.15, 0.2) is 0 Å². The lowest BCUT2D eigenvalue weighted by Crippen LogP contribution is -2.56. The molecule has 0 aromatic heterocycles. The number of nitrogens with zero attached hydrogens (tertiary/aromatic N) is 1. The first kappa shape index (κ1) is 16.8. The highest BCUT2D eigenvalue weighted by Crippen LogP contribution is 2.43. The van der Waals surface area contributed by atoms with Crippen molar-refractivity contribution in [1.29, 1.82) is 0 Å². The van der Waals surface area contributed by atoms with Gasteiger partial charge in [-0.2, -0.15) is 13.2 Å². The van der Waals surface area contributed by atoms with Gasteiger partial charge in [-0.15, -0.1) is 0 Å². The second-order valence-corrected chi connectivity index (χ2v) is 5.95. The predicted octanol–water partition coefficient (Wildman–Crippen LogP) is 2.57. The molecule has 2 aliphatic heterocycles. The van der Waals surface area contributed by atoms with Crippen molar-refractivity contribution in [2.45, 2.75) is 37.1 Å². The van der Waals surface area contributed by atoms with E-state index in [2.05, 4.69) is 0 Å². The van der Waals surface area contributed by atoms with Gasteiger partial charge < -0.3 is 10.1 Å². The zero-order chi connectivity index (χ0) is 17.4. The van der Waals surface area contributed by atoms with E-state index in [4.69, 9.17) is 4.74 Å². The van der Waals surface area contributed by atoms with E-state index in [0.717, 1.165) is 12.8 Å². The number of carbonyl (C=O) groups is 2. The number of rotatable bonds is 3. The van der Waals surface area contributed by atoms with Crippen LogP contribution in [-0.2, 0) is 15.1 Å². The maximum atomic E-state index is 13.8. The molecule has 2 aliphatic rings. The van der Waals surface area contributed by atoms with Crippen LogP contribution in [0.4, 0.5) is 18.0 Å². The van der Waals surface area contributed by atoms with Crippen molar-refractivity contribution in [3.8, 4) is 0 Å². The third kappa shape index (κ3) is 2.64. The lowest BCUT2D eigenvalue weighted by atomic mass is 9.89. The first-order valence-electron chi connectivity index (χ1n) is 7.74. The maximum Gasteiger partial charge on any atom is 0.425 e. The number of hydrogen-bond acceptors (Lipinski definition) is 3. The first-order chi connectivity index (χ1) is 11.4. The second kappa shape index (κ2) is 6.08. The Hall–Kier alpha value is -2.09. The monoisotopic (exact) mass is 342 g/mol. The average Bonchev–Trinajstić information content (AvgIpc) is 2.82. The molecule has 3 rings (SSSR count). The number of alkyl halides is 3. The predicted molar refractivity (Wildman–Crippen MR) is 78.0 cm³/mol. The maximum absolute atomic E-state index is 13.8. The molecule has 2 atom stereocenters. The van der Waals surface area contributed by atoms with Gasteiger partial charge >= 0.3 is 12.2 Å². The molecular formula is C16H17F3N2O3. The summed E-state index contributed by atoms with van der Waals surface area (Å²) in [5.41, 5.74) is -3.34. The summed E-state index contributed by atoms with van der Waals surface area (Å²) in [5, 5.41) is 1.87. The fraction of sp³-hybridized carbons (Fsp3) is 0.500. The van der Waals surface area contributed by atoms with Crippen molar-refractivity contribution in [3.05, 3.63) is 35.9 Å². The molecule has 3 amide bonds. The summed E-state index contributed by atoms with van der Waals surface area (Å²) in [6.07, 6.45) is -3.04. The van der Waals surface area contributed by atoms with Crippen LogP contribution in [0, 0.1) is 0 Å². The van der Waals surface area contributed by atoms with Crippen LogP contribution >= 0.6 is 0 Å². The van der Waals surface area contributed by atoms with E-state index in [1.807, 2.05) is 5.32 Å². The molecule has 1 aromatic carbocycles. The molecule has 0 saturated carbocycles. The molecule has 0 spiro atoms. The van der Waals surface area contributed by atoms with E-state index in [-0.39, 0.29) is 12.1 Å². The molecule has 2 saturated heterocycles. The minimum Gasteiger partial charge on any atom is -0.376 e. The van der Waals surface area contributed by atoms with Crippen LogP contribution in [0.3, 0.4) is 0 Å². The third-order valence-corrected chi connectivity index (χ3v) is 4.40. The summed E-state index contributed by atoms with van der Waals surface area (Å²) < 4.78 is 46.8. The second-order valence-electron chi connectivity index (χ2n) is 5.95. The lowest BCUT2D eigenvalue weighted by Gasteiger charge is -2.30. The molecule has 1 N–H and O–H groups in total. The van der Waals surface area contributed by atoms with E-state index in [1.165, 1.54) is 24.3 Å². The van der Waals surface area contributed by atoms with Crippen molar-refractivity contribution < 1.29 is 27.5 Å². The minimum absolute atomic E-state index is 0.171. The number of nitrogens with one attached hydrogen (secondary N) is 1. The van der Waals surface area contributed by atoms with E-state index < -0.39 is 29.8 Å². The number of amides is 3. The zero-order valence-corrected chi connectivity index (χ0v) is 12.8. The highest BCUT2D eigenvalue weighted by Gasteiger charge is 2.68. The summed E-state index contributed by atoms with van der Waals surface area (Å²) in [6, 6.07) is 5.67. The van der Waals surface area contributed by atoms with Crippen molar-refractivity contribution >= 4 is 11.9 Å². The number of carbonyl (C=O) groups excluding carboxylic acids is 2. The van der Waals surface area contributed by atoms with Crippen LogP contribution in [0.5, 0.6) is 0 Å². The molecule has 0 bridgehead atoms. The molecule has 2 unspecified atom stereocenters. The molecule has 1 aromatic rings. The van der Waals surface area contributed by atoms with E-state index >= 15 is 0 Å². The SMILES string of the molecule is O=C1NC(c2ccccc2)(C(F)(F)F)C(=O)N1CC1CCCCO1. The number of hydrogen-bond donors (Lipinski definition) is 1. The Labute approximate surface area is 136 Å². The molecule has 5 nitrogen and oxygen atoms in total. The Morgan fingerprint density at radius 1 is 1.21 bits per heavy atom. The lowest BCUT2D eigenvalue weighted by molar-refractivity contribution is -0.198. The topological polar surface area (TPSA) is 58.6 Å². The molecule has 0 radical (unpaired) electrons. The van der Waals surface area contributed by atoms with Crippen molar-refractivity contribution in [2.75, 3.05) is 13.2 Å². The molecule has 2 heterocycles. The van der Waals surface area contributed by atoms with Gasteiger partial charge in [0.25, 0.3) is 5.91 Å². The normalized spacial score (nSPS) is 28.1. The first-order valence-corrected chi connectivity index (χ1v) is 7.74. The highest BCUT2D eigenvalue weighted by molar-refractivity contribution is 6.08. The standard InChI is InChI=1S/C16H17F3N2O3/c17-16(18,19)15(11-6-2-1-3-7-11)13(22)21(14(23)20-15)10-12-8-4-5-9-24-12/h1-3,6-7,12H,4-5,8-10H2,(H,20,23). The Morgan fingerprint density at radius 3 is 2.50 bits per heavy atom. The van der Waals surface area contributed by atoms with Crippen LogP contribution in [0.1, 0.15) is 24.8 Å². The molecular weight excluding hydrogens is 325 g/mol. The van der Waals surface area contributed by atoms with Crippen LogP contribution in [0.2, 0.25) is 0 Å². The van der Waals surface area contributed by atoms with Crippen molar-refractivity contribution in [1.82, 2.24) is 10.2 Å². The molecule has 130 valence electrons. The van der Waals surface area contributed by atoms with Crippen LogP contribution in [0.25, 0.3) is 0 Å². The Morgan fingerprint density at radius 2 is 1.92 bits per heavy atom. The zero-order valence-electron chi connectivity index (χ0n) is 12.8. The van der Waals surface area contributed by atoms with Gasteiger partial charge in [-0.05, 0) is 24.8 Å². The largest absolute Gasteiger partial charge is 0.425 e. The minimum atomic E-state index is -4.96. The van der Waals surface area contributed by atoms with Gasteiger partial charge in [0.05, 0.1) is 12.6 Å². The molecule has 0 aliphatic carbocycles. The third-order valence-electron chi connectivity index (χ3n) is 4.40. The quantitative estimate of drug-likeness (QED) is 0.859. The number of benzene rings is 1. The number of imide groups is 1. The Kier molecular flexibility index (Phi) is 4.25. The van der Waals surface area contributed by atoms with Crippen molar-refractivity contribution in [3.63, 3.8) is 0 Å². The summed E-state index contributed by atoms with van der Waals surface area (Å²) >= 11 is 0. The number of halogens is 3. The number of urea groups is 1.